The van der Waals surface area contributed by atoms with E-state index < -0.39 is 22.8 Å². The fourth-order valence-electron chi connectivity index (χ4n) is 5.08. The van der Waals surface area contributed by atoms with Gasteiger partial charge in [0, 0.05) is 61.7 Å². The number of non-ortho nitro benzene ring substituents is 1. The minimum atomic E-state index is -0.881. The Kier molecular flexibility index (Phi) is 9.89. The van der Waals surface area contributed by atoms with Crippen molar-refractivity contribution in [3.63, 3.8) is 0 Å². The second kappa shape index (κ2) is 12.9. The van der Waals surface area contributed by atoms with E-state index in [1.807, 2.05) is 6.92 Å². The van der Waals surface area contributed by atoms with E-state index in [2.05, 4.69) is 40.8 Å². The number of allylic oxidation sites excluding steroid dienone is 2. The van der Waals surface area contributed by atoms with Gasteiger partial charge in [-0.1, -0.05) is 31.9 Å². The second-order valence-corrected chi connectivity index (χ2v) is 10.7. The van der Waals surface area contributed by atoms with Crippen molar-refractivity contribution in [1.29, 1.82) is 0 Å². The van der Waals surface area contributed by atoms with Gasteiger partial charge in [0.25, 0.3) is 5.69 Å². The second-order valence-electron chi connectivity index (χ2n) is 10.7. The molecule has 210 valence electrons. The molecule has 0 aromatic heterocycles. The Morgan fingerprint density at radius 3 is 2.31 bits per heavy atom. The van der Waals surface area contributed by atoms with Crippen LogP contribution in [0.3, 0.4) is 0 Å². The molecular formula is C29H38N4O6. The third kappa shape index (κ3) is 7.46. The normalized spacial score (nSPS) is 18.7. The number of esters is 2. The number of ether oxygens (including phenoxy) is 2. The van der Waals surface area contributed by atoms with Gasteiger partial charge in [0.1, 0.15) is 0 Å². The van der Waals surface area contributed by atoms with E-state index in [-0.39, 0.29) is 28.9 Å². The fourth-order valence-corrected chi connectivity index (χ4v) is 5.08. The van der Waals surface area contributed by atoms with Crippen LogP contribution in [0, 0.1) is 27.4 Å². The summed E-state index contributed by atoms with van der Waals surface area (Å²) in [5.74, 6) is 3.96. The molecule has 0 saturated carbocycles. The van der Waals surface area contributed by atoms with E-state index in [0.29, 0.717) is 17.0 Å². The highest BCUT2D eigenvalue weighted by atomic mass is 16.6. The standard InChI is InChI=1S/C29H38N4O6/c1-7-8-12-31-13-15-32(16-14-31)18-29(4,5)19-39-28(35)25-21(3)30-20(2)24(27(34)38-6)26(25)22-10-9-11-23(17-22)33(36)37/h9-11,17,26,30H,12-16,18-19H2,1-6H3. The number of dihydropyridines is 1. The predicted molar refractivity (Wildman–Crippen MR) is 147 cm³/mol. The number of hydrogen-bond donors (Lipinski definition) is 1. The fraction of sp³-hybridized carbons (Fsp3) is 0.517. The summed E-state index contributed by atoms with van der Waals surface area (Å²) < 4.78 is 10.9. The number of benzene rings is 1. The largest absolute Gasteiger partial charge is 0.466 e. The first kappa shape index (κ1) is 29.9. The number of carbonyl (C=O) groups is 2. The molecule has 10 nitrogen and oxygen atoms in total. The van der Waals surface area contributed by atoms with Gasteiger partial charge >= 0.3 is 11.9 Å². The van der Waals surface area contributed by atoms with Crippen molar-refractivity contribution < 1.29 is 24.0 Å². The van der Waals surface area contributed by atoms with Crippen LogP contribution >= 0.6 is 0 Å². The number of nitrogens with one attached hydrogen (secondary N) is 1. The summed E-state index contributed by atoms with van der Waals surface area (Å²) in [7, 11) is 1.26. The van der Waals surface area contributed by atoms with Gasteiger partial charge in [0.15, 0.2) is 0 Å². The molecule has 2 heterocycles. The molecule has 0 spiro atoms. The number of piperazine rings is 1. The molecule has 0 radical (unpaired) electrons. The number of nitro groups is 1. The zero-order chi connectivity index (χ0) is 28.7. The van der Waals surface area contributed by atoms with Crippen molar-refractivity contribution in [3.05, 3.63) is 62.5 Å². The van der Waals surface area contributed by atoms with Crippen LogP contribution in [0.25, 0.3) is 0 Å². The molecule has 0 amide bonds. The molecule has 1 saturated heterocycles. The molecular weight excluding hydrogens is 500 g/mol. The number of nitro benzene ring substituents is 1. The maximum Gasteiger partial charge on any atom is 0.336 e. The Labute approximate surface area is 230 Å². The Balaban J connectivity index is 1.79. The molecule has 1 aromatic carbocycles. The summed E-state index contributed by atoms with van der Waals surface area (Å²) in [6, 6.07) is 5.95. The van der Waals surface area contributed by atoms with Crippen LogP contribution < -0.4 is 5.32 Å². The summed E-state index contributed by atoms with van der Waals surface area (Å²) >= 11 is 0. The van der Waals surface area contributed by atoms with Crippen LogP contribution in [-0.4, -0.2) is 79.6 Å². The van der Waals surface area contributed by atoms with Crippen LogP contribution in [0.4, 0.5) is 5.69 Å². The van der Waals surface area contributed by atoms with E-state index in [0.717, 1.165) is 39.3 Å². The van der Waals surface area contributed by atoms with Gasteiger partial charge < -0.3 is 19.7 Å². The highest BCUT2D eigenvalue weighted by Crippen LogP contribution is 2.40. The van der Waals surface area contributed by atoms with Crippen molar-refractivity contribution in [2.75, 3.05) is 53.0 Å². The van der Waals surface area contributed by atoms with Crippen molar-refractivity contribution >= 4 is 17.6 Å². The van der Waals surface area contributed by atoms with Gasteiger partial charge in [-0.3, -0.25) is 15.0 Å². The van der Waals surface area contributed by atoms with Crippen LogP contribution in [-0.2, 0) is 19.1 Å². The molecule has 10 heteroatoms. The SMILES string of the molecule is CC#CCN1CCN(CC(C)(C)COC(=O)C2=C(C)NC(C)=C(C(=O)OC)C2c2cccc([N+](=O)[O-])c2)CC1. The lowest BCUT2D eigenvalue weighted by Gasteiger charge is -2.38. The molecule has 3 rings (SSSR count). The van der Waals surface area contributed by atoms with Gasteiger partial charge in [-0.05, 0) is 26.3 Å². The van der Waals surface area contributed by atoms with Crippen LogP contribution in [0.1, 0.15) is 46.1 Å². The van der Waals surface area contributed by atoms with Crippen molar-refractivity contribution in [2.45, 2.75) is 40.5 Å². The average molecular weight is 539 g/mol. The quantitative estimate of drug-likeness (QED) is 0.219. The lowest BCUT2D eigenvalue weighted by molar-refractivity contribution is -0.384. The first-order valence-electron chi connectivity index (χ1n) is 13.0. The average Bonchev–Trinajstić information content (AvgIpc) is 2.90. The van der Waals surface area contributed by atoms with Crippen molar-refractivity contribution in [1.82, 2.24) is 15.1 Å². The van der Waals surface area contributed by atoms with Crippen molar-refractivity contribution in [3.8, 4) is 11.8 Å². The minimum absolute atomic E-state index is 0.138. The minimum Gasteiger partial charge on any atom is -0.466 e. The molecule has 0 aliphatic carbocycles. The number of carbonyl (C=O) groups excluding carboxylic acids is 2. The summed E-state index contributed by atoms with van der Waals surface area (Å²) in [5, 5.41) is 14.6. The van der Waals surface area contributed by atoms with Crippen molar-refractivity contribution in [2.24, 2.45) is 5.41 Å². The summed E-state index contributed by atoms with van der Waals surface area (Å²) in [4.78, 5) is 42.1. The number of nitrogens with zero attached hydrogens (tertiary/aromatic N) is 3. The Bertz CT molecular complexity index is 1230. The van der Waals surface area contributed by atoms with Crippen LogP contribution in [0.15, 0.2) is 46.8 Å². The maximum absolute atomic E-state index is 13.6. The summed E-state index contributed by atoms with van der Waals surface area (Å²) in [6.45, 7) is 14.8. The topological polar surface area (TPSA) is 114 Å². The highest BCUT2D eigenvalue weighted by Gasteiger charge is 2.39. The Morgan fingerprint density at radius 1 is 1.10 bits per heavy atom. The number of methoxy groups -OCH3 is 1. The Hall–Kier alpha value is -3.68. The van der Waals surface area contributed by atoms with E-state index in [1.165, 1.54) is 25.3 Å². The molecule has 1 aromatic rings. The van der Waals surface area contributed by atoms with E-state index in [1.54, 1.807) is 19.9 Å². The smallest absolute Gasteiger partial charge is 0.336 e. The molecule has 0 bridgehead atoms. The van der Waals surface area contributed by atoms with Crippen LogP contribution in [0.5, 0.6) is 0 Å². The molecule has 1 fully saturated rings. The molecule has 1 unspecified atom stereocenters. The van der Waals surface area contributed by atoms with Gasteiger partial charge in [-0.25, -0.2) is 9.59 Å². The lowest BCUT2D eigenvalue weighted by Crippen LogP contribution is -2.49. The summed E-state index contributed by atoms with van der Waals surface area (Å²) in [6.07, 6.45) is 0. The zero-order valence-electron chi connectivity index (χ0n) is 23.6. The summed E-state index contributed by atoms with van der Waals surface area (Å²) in [5.41, 5.74) is 1.43. The molecule has 1 N–H and O–H groups in total. The van der Waals surface area contributed by atoms with Gasteiger partial charge in [-0.2, -0.15) is 0 Å². The van der Waals surface area contributed by atoms with Gasteiger partial charge in [-0.15, -0.1) is 5.92 Å². The number of hydrogen-bond acceptors (Lipinski definition) is 9. The molecule has 1 atom stereocenters. The van der Waals surface area contributed by atoms with E-state index in [4.69, 9.17) is 9.47 Å². The lowest BCUT2D eigenvalue weighted by atomic mass is 9.80. The first-order valence-corrected chi connectivity index (χ1v) is 13.0. The molecule has 2 aliphatic rings. The van der Waals surface area contributed by atoms with Gasteiger partial charge in [0.05, 0.1) is 42.2 Å². The van der Waals surface area contributed by atoms with E-state index in [9.17, 15) is 19.7 Å². The maximum atomic E-state index is 13.6. The molecule has 2 aliphatic heterocycles. The highest BCUT2D eigenvalue weighted by molar-refractivity contribution is 5.99. The van der Waals surface area contributed by atoms with E-state index >= 15 is 0 Å². The third-order valence-corrected chi connectivity index (χ3v) is 6.99. The van der Waals surface area contributed by atoms with Gasteiger partial charge in [0.2, 0.25) is 0 Å². The van der Waals surface area contributed by atoms with Crippen LogP contribution in [0.2, 0.25) is 0 Å². The Morgan fingerprint density at radius 2 is 1.72 bits per heavy atom. The molecule has 39 heavy (non-hydrogen) atoms. The zero-order valence-corrected chi connectivity index (χ0v) is 23.6. The number of rotatable bonds is 9. The monoisotopic (exact) mass is 538 g/mol. The first-order chi connectivity index (χ1) is 18.5. The third-order valence-electron chi connectivity index (χ3n) is 6.99. The predicted octanol–water partition coefficient (Wildman–Crippen LogP) is 3.21.